The van der Waals surface area contributed by atoms with Crippen LogP contribution in [0.15, 0.2) is 0 Å². The summed E-state index contributed by atoms with van der Waals surface area (Å²) in [6.07, 6.45) is 1.39. The van der Waals surface area contributed by atoms with Gasteiger partial charge in [0.1, 0.15) is 0 Å². The zero-order chi connectivity index (χ0) is 7.78. The minimum Gasteiger partial charge on any atom is -0.306 e. The second kappa shape index (κ2) is 2.54. The van der Waals surface area contributed by atoms with Gasteiger partial charge >= 0.3 is 0 Å². The highest BCUT2D eigenvalue weighted by Gasteiger charge is 2.28. The van der Waals surface area contributed by atoms with E-state index in [0.717, 1.165) is 5.92 Å². The van der Waals surface area contributed by atoms with Gasteiger partial charge in [-0.05, 0) is 24.8 Å². The SMILES string of the molecule is CC1CN(C)CC(C)(C)C1. The third-order valence-electron chi connectivity index (χ3n) is 2.22. The van der Waals surface area contributed by atoms with Gasteiger partial charge in [-0.3, -0.25) is 0 Å². The Morgan fingerprint density at radius 3 is 2.40 bits per heavy atom. The Balaban J connectivity index is 2.51. The average molecular weight is 141 g/mol. The van der Waals surface area contributed by atoms with Gasteiger partial charge in [-0.15, -0.1) is 0 Å². The van der Waals surface area contributed by atoms with E-state index in [9.17, 15) is 0 Å². The fourth-order valence-electron chi connectivity index (χ4n) is 2.40. The Hall–Kier alpha value is -0.0400. The molecule has 0 aromatic heterocycles. The van der Waals surface area contributed by atoms with E-state index in [1.807, 2.05) is 0 Å². The molecule has 60 valence electrons. The summed E-state index contributed by atoms with van der Waals surface area (Å²) in [6, 6.07) is 0. The van der Waals surface area contributed by atoms with Crippen LogP contribution in [0.4, 0.5) is 0 Å². The first-order valence-corrected chi connectivity index (χ1v) is 4.18. The molecule has 0 radical (unpaired) electrons. The molecular weight excluding hydrogens is 122 g/mol. The summed E-state index contributed by atoms with van der Waals surface area (Å²) in [4.78, 5) is 2.44. The van der Waals surface area contributed by atoms with Crippen molar-refractivity contribution in [1.82, 2.24) is 4.90 Å². The van der Waals surface area contributed by atoms with Gasteiger partial charge in [-0.2, -0.15) is 0 Å². The highest BCUT2D eigenvalue weighted by atomic mass is 15.1. The van der Waals surface area contributed by atoms with Crippen molar-refractivity contribution in [1.29, 1.82) is 0 Å². The van der Waals surface area contributed by atoms with E-state index < -0.39 is 0 Å². The fourth-order valence-corrected chi connectivity index (χ4v) is 2.40. The van der Waals surface area contributed by atoms with Crippen molar-refractivity contribution < 1.29 is 0 Å². The molecule has 1 saturated heterocycles. The van der Waals surface area contributed by atoms with Crippen molar-refractivity contribution in [2.24, 2.45) is 11.3 Å². The third-order valence-corrected chi connectivity index (χ3v) is 2.22. The predicted octanol–water partition coefficient (Wildman–Crippen LogP) is 1.98. The summed E-state index contributed by atoms with van der Waals surface area (Å²) < 4.78 is 0. The standard InChI is InChI=1S/C9H19N/c1-8-5-9(2,3)7-10(4)6-8/h8H,5-7H2,1-4H3. The van der Waals surface area contributed by atoms with Crippen LogP contribution >= 0.6 is 0 Å². The van der Waals surface area contributed by atoms with Gasteiger partial charge in [0.2, 0.25) is 0 Å². The molecule has 0 aliphatic carbocycles. The molecule has 1 heteroatoms. The lowest BCUT2D eigenvalue weighted by atomic mass is 9.79. The van der Waals surface area contributed by atoms with Crippen molar-refractivity contribution in [2.75, 3.05) is 20.1 Å². The monoisotopic (exact) mass is 141 g/mol. The molecule has 0 bridgehead atoms. The van der Waals surface area contributed by atoms with Crippen LogP contribution in [0.1, 0.15) is 27.2 Å². The topological polar surface area (TPSA) is 3.24 Å². The Morgan fingerprint density at radius 2 is 2.00 bits per heavy atom. The van der Waals surface area contributed by atoms with Gasteiger partial charge < -0.3 is 4.90 Å². The zero-order valence-corrected chi connectivity index (χ0v) is 7.65. The molecule has 1 fully saturated rings. The van der Waals surface area contributed by atoms with Gasteiger partial charge in [0.15, 0.2) is 0 Å². The highest BCUT2D eigenvalue weighted by Crippen LogP contribution is 2.30. The molecule has 1 heterocycles. The van der Waals surface area contributed by atoms with E-state index in [2.05, 4.69) is 32.7 Å². The van der Waals surface area contributed by atoms with Crippen molar-refractivity contribution in [3.63, 3.8) is 0 Å². The summed E-state index contributed by atoms with van der Waals surface area (Å²) in [6.45, 7) is 9.61. The molecule has 0 aromatic rings. The predicted molar refractivity (Wildman–Crippen MR) is 45.1 cm³/mol. The Labute approximate surface area is 64.4 Å². The molecule has 1 aliphatic rings. The van der Waals surface area contributed by atoms with Crippen molar-refractivity contribution >= 4 is 0 Å². The third kappa shape index (κ3) is 1.98. The van der Waals surface area contributed by atoms with Crippen LogP contribution < -0.4 is 0 Å². The molecule has 1 nitrogen and oxygen atoms in total. The van der Waals surface area contributed by atoms with Crippen molar-refractivity contribution in [2.45, 2.75) is 27.2 Å². The second-order valence-corrected chi connectivity index (χ2v) is 4.67. The van der Waals surface area contributed by atoms with Crippen LogP contribution in [-0.4, -0.2) is 25.0 Å². The molecule has 0 N–H and O–H groups in total. The molecule has 10 heavy (non-hydrogen) atoms. The van der Waals surface area contributed by atoms with Gasteiger partial charge in [0.05, 0.1) is 0 Å². The Kier molecular flexibility index (Phi) is 2.04. The van der Waals surface area contributed by atoms with E-state index in [1.54, 1.807) is 0 Å². The Morgan fingerprint density at radius 1 is 1.40 bits per heavy atom. The maximum atomic E-state index is 2.44. The first-order chi connectivity index (χ1) is 4.49. The quantitative estimate of drug-likeness (QED) is 0.498. The molecular formula is C9H19N. The van der Waals surface area contributed by atoms with Gasteiger partial charge in [0, 0.05) is 13.1 Å². The van der Waals surface area contributed by atoms with Crippen LogP contribution in [0.25, 0.3) is 0 Å². The van der Waals surface area contributed by atoms with Crippen LogP contribution in [0.2, 0.25) is 0 Å². The second-order valence-electron chi connectivity index (χ2n) is 4.67. The highest BCUT2D eigenvalue weighted by molar-refractivity contribution is 4.81. The number of likely N-dealkylation sites (tertiary alicyclic amines) is 1. The van der Waals surface area contributed by atoms with Crippen LogP contribution in [0.5, 0.6) is 0 Å². The molecule has 0 amide bonds. The fraction of sp³-hybridized carbons (Fsp3) is 1.00. The number of hydrogen-bond donors (Lipinski definition) is 0. The molecule has 1 atom stereocenters. The van der Waals surface area contributed by atoms with Crippen LogP contribution in [0.3, 0.4) is 0 Å². The lowest BCUT2D eigenvalue weighted by Gasteiger charge is -2.39. The number of nitrogens with zero attached hydrogens (tertiary/aromatic N) is 1. The van der Waals surface area contributed by atoms with Crippen molar-refractivity contribution in [3.05, 3.63) is 0 Å². The maximum absolute atomic E-state index is 2.44. The van der Waals surface area contributed by atoms with Crippen LogP contribution in [0, 0.1) is 11.3 Å². The van der Waals surface area contributed by atoms with E-state index >= 15 is 0 Å². The van der Waals surface area contributed by atoms with E-state index in [4.69, 9.17) is 0 Å². The maximum Gasteiger partial charge on any atom is 0.00299 e. The largest absolute Gasteiger partial charge is 0.306 e. The first-order valence-electron chi connectivity index (χ1n) is 4.18. The summed E-state index contributed by atoms with van der Waals surface area (Å²) in [5.41, 5.74) is 0.548. The normalized spacial score (nSPS) is 34.2. The summed E-state index contributed by atoms with van der Waals surface area (Å²) in [7, 11) is 2.22. The first kappa shape index (κ1) is 8.06. The molecule has 1 rings (SSSR count). The molecule has 1 unspecified atom stereocenters. The number of rotatable bonds is 0. The van der Waals surface area contributed by atoms with Crippen LogP contribution in [-0.2, 0) is 0 Å². The Bertz CT molecular complexity index is 106. The van der Waals surface area contributed by atoms with Crippen molar-refractivity contribution in [3.8, 4) is 0 Å². The molecule has 0 aromatic carbocycles. The van der Waals surface area contributed by atoms with Gasteiger partial charge in [-0.1, -0.05) is 20.8 Å². The summed E-state index contributed by atoms with van der Waals surface area (Å²) in [5.74, 6) is 0.883. The van der Waals surface area contributed by atoms with Gasteiger partial charge in [-0.25, -0.2) is 0 Å². The van der Waals surface area contributed by atoms with E-state index in [1.165, 1.54) is 19.5 Å². The molecule has 1 aliphatic heterocycles. The van der Waals surface area contributed by atoms with E-state index in [-0.39, 0.29) is 0 Å². The lowest BCUT2D eigenvalue weighted by Crippen LogP contribution is -2.41. The van der Waals surface area contributed by atoms with Gasteiger partial charge in [0.25, 0.3) is 0 Å². The lowest BCUT2D eigenvalue weighted by molar-refractivity contribution is 0.101. The minimum atomic E-state index is 0.548. The molecule has 0 spiro atoms. The molecule has 0 saturated carbocycles. The summed E-state index contributed by atoms with van der Waals surface area (Å²) >= 11 is 0. The number of hydrogen-bond acceptors (Lipinski definition) is 1. The van der Waals surface area contributed by atoms with E-state index in [0.29, 0.717) is 5.41 Å². The zero-order valence-electron chi connectivity index (χ0n) is 7.65. The number of piperidine rings is 1. The minimum absolute atomic E-state index is 0.548. The summed E-state index contributed by atoms with van der Waals surface area (Å²) in [5, 5.41) is 0. The smallest absolute Gasteiger partial charge is 0.00299 e. The average Bonchev–Trinajstić information content (AvgIpc) is 1.54.